The van der Waals surface area contributed by atoms with Gasteiger partial charge in [-0.25, -0.2) is 0 Å². The summed E-state index contributed by atoms with van der Waals surface area (Å²) in [6.07, 6.45) is 7.30. The minimum atomic E-state index is -0.714. The molecule has 2 fully saturated rings. The highest BCUT2D eigenvalue weighted by Crippen LogP contribution is 2.30. The number of carbonyl (C=O) groups is 2. The average molecular weight is 401 g/mol. The third kappa shape index (κ3) is 6.30. The van der Waals surface area contributed by atoms with Crippen molar-refractivity contribution >= 4 is 11.9 Å². The monoisotopic (exact) mass is 400 g/mol. The molecule has 1 saturated heterocycles. The Bertz CT molecular complexity index is 670. The van der Waals surface area contributed by atoms with Gasteiger partial charge in [0.25, 0.3) is 5.91 Å². The van der Waals surface area contributed by atoms with Gasteiger partial charge in [-0.15, -0.1) is 0 Å². The van der Waals surface area contributed by atoms with E-state index in [9.17, 15) is 9.59 Å². The highest BCUT2D eigenvalue weighted by Gasteiger charge is 2.24. The fourth-order valence-electron chi connectivity index (χ4n) is 4.85. The van der Waals surface area contributed by atoms with Crippen LogP contribution in [0.3, 0.4) is 0 Å². The summed E-state index contributed by atoms with van der Waals surface area (Å²) in [6, 6.07) is 9.04. The molecule has 1 saturated carbocycles. The van der Waals surface area contributed by atoms with Crippen LogP contribution in [-0.4, -0.2) is 47.1 Å². The molecule has 5 nitrogen and oxygen atoms in total. The van der Waals surface area contributed by atoms with Crippen molar-refractivity contribution in [2.75, 3.05) is 13.1 Å². The molecule has 1 aromatic rings. The third-order valence-corrected chi connectivity index (χ3v) is 6.85. The van der Waals surface area contributed by atoms with Crippen molar-refractivity contribution in [3.05, 3.63) is 35.4 Å². The first kappa shape index (κ1) is 21.8. The first-order chi connectivity index (χ1) is 13.9. The van der Waals surface area contributed by atoms with Gasteiger partial charge in [0.05, 0.1) is 0 Å². The van der Waals surface area contributed by atoms with E-state index in [1.54, 1.807) is 0 Å². The molecule has 29 heavy (non-hydrogen) atoms. The zero-order valence-corrected chi connectivity index (χ0v) is 17.9. The molecule has 1 aliphatic heterocycles. The highest BCUT2D eigenvalue weighted by atomic mass is 16.4. The standard InChI is InChI=1S/C24H36N2O3/c1-17(2)26-15-13-20(14-16-26)19-6-8-21(9-7-19)24(29)25-22-10-3-18(4-11-22)5-12-23(27)28/h6-9,17-18,20,22H,3-5,10-16H2,1-2H3,(H,25,29)(H,27,28). The second-order valence-electron chi connectivity index (χ2n) is 9.15. The molecule has 1 heterocycles. The van der Waals surface area contributed by atoms with Crippen LogP contribution in [0.1, 0.15) is 87.1 Å². The van der Waals surface area contributed by atoms with Crippen molar-refractivity contribution in [3.8, 4) is 0 Å². The second kappa shape index (κ2) is 10.2. The molecule has 0 radical (unpaired) electrons. The van der Waals surface area contributed by atoms with Gasteiger partial charge >= 0.3 is 5.97 Å². The number of aliphatic carboxylic acids is 1. The number of nitrogens with one attached hydrogen (secondary N) is 1. The number of piperidine rings is 1. The number of likely N-dealkylation sites (tertiary alicyclic amines) is 1. The molecule has 0 aromatic heterocycles. The van der Waals surface area contributed by atoms with Crippen LogP contribution in [-0.2, 0) is 4.79 Å². The quantitative estimate of drug-likeness (QED) is 0.710. The molecule has 0 spiro atoms. The summed E-state index contributed by atoms with van der Waals surface area (Å²) in [7, 11) is 0. The normalized spacial score (nSPS) is 23.8. The van der Waals surface area contributed by atoms with E-state index in [0.717, 1.165) is 50.8 Å². The number of rotatable bonds is 7. The Balaban J connectivity index is 1.44. The summed E-state index contributed by atoms with van der Waals surface area (Å²) in [6.45, 7) is 6.83. The van der Waals surface area contributed by atoms with Crippen molar-refractivity contribution in [3.63, 3.8) is 0 Å². The Morgan fingerprint density at radius 1 is 1.03 bits per heavy atom. The molecule has 2 N–H and O–H groups in total. The number of hydrogen-bond donors (Lipinski definition) is 2. The third-order valence-electron chi connectivity index (χ3n) is 6.85. The van der Waals surface area contributed by atoms with E-state index in [2.05, 4.69) is 36.2 Å². The van der Waals surface area contributed by atoms with Crippen LogP contribution in [0.5, 0.6) is 0 Å². The minimum absolute atomic E-state index is 0.0140. The molecule has 0 bridgehead atoms. The summed E-state index contributed by atoms with van der Waals surface area (Å²) in [4.78, 5) is 25.9. The van der Waals surface area contributed by atoms with Crippen LogP contribution >= 0.6 is 0 Å². The van der Waals surface area contributed by atoms with E-state index in [-0.39, 0.29) is 18.4 Å². The number of carbonyl (C=O) groups excluding carboxylic acids is 1. The highest BCUT2D eigenvalue weighted by molar-refractivity contribution is 5.94. The van der Waals surface area contributed by atoms with Crippen LogP contribution in [0.4, 0.5) is 0 Å². The summed E-state index contributed by atoms with van der Waals surface area (Å²) < 4.78 is 0. The fourth-order valence-corrected chi connectivity index (χ4v) is 4.85. The molecule has 5 heteroatoms. The number of carboxylic acid groups (broad SMARTS) is 1. The maximum atomic E-state index is 12.6. The van der Waals surface area contributed by atoms with Gasteiger partial charge in [0.1, 0.15) is 0 Å². The van der Waals surface area contributed by atoms with Gasteiger partial charge in [0, 0.05) is 24.1 Å². The SMILES string of the molecule is CC(C)N1CCC(c2ccc(C(=O)NC3CCC(CCC(=O)O)CC3)cc2)CC1. The molecular weight excluding hydrogens is 364 g/mol. The van der Waals surface area contributed by atoms with Crippen molar-refractivity contribution < 1.29 is 14.7 Å². The molecule has 160 valence electrons. The summed E-state index contributed by atoms with van der Waals surface area (Å²) in [5.41, 5.74) is 2.09. The molecular formula is C24H36N2O3. The summed E-state index contributed by atoms with van der Waals surface area (Å²) in [5, 5.41) is 12.0. The Morgan fingerprint density at radius 3 is 2.21 bits per heavy atom. The van der Waals surface area contributed by atoms with Gasteiger partial charge in [-0.05, 0) is 101 Å². The lowest BCUT2D eigenvalue weighted by Crippen LogP contribution is -2.38. The van der Waals surface area contributed by atoms with Gasteiger partial charge in [-0.3, -0.25) is 9.59 Å². The largest absolute Gasteiger partial charge is 0.481 e. The molecule has 3 rings (SSSR count). The number of nitrogens with zero attached hydrogens (tertiary/aromatic N) is 1. The van der Waals surface area contributed by atoms with Crippen LogP contribution in [0, 0.1) is 5.92 Å². The van der Waals surface area contributed by atoms with Crippen molar-refractivity contribution in [2.45, 2.75) is 83.2 Å². The Labute approximate surface area is 174 Å². The first-order valence-electron chi connectivity index (χ1n) is 11.3. The average Bonchev–Trinajstić information content (AvgIpc) is 2.73. The van der Waals surface area contributed by atoms with E-state index in [1.165, 1.54) is 18.4 Å². The predicted molar refractivity (Wildman–Crippen MR) is 115 cm³/mol. The van der Waals surface area contributed by atoms with Crippen LogP contribution < -0.4 is 5.32 Å². The van der Waals surface area contributed by atoms with Crippen molar-refractivity contribution in [1.82, 2.24) is 10.2 Å². The van der Waals surface area contributed by atoms with E-state index in [0.29, 0.717) is 17.9 Å². The Kier molecular flexibility index (Phi) is 7.70. The maximum absolute atomic E-state index is 12.6. The smallest absolute Gasteiger partial charge is 0.303 e. The Hall–Kier alpha value is -1.88. The van der Waals surface area contributed by atoms with Crippen LogP contribution in [0.2, 0.25) is 0 Å². The number of benzene rings is 1. The van der Waals surface area contributed by atoms with Crippen LogP contribution in [0.25, 0.3) is 0 Å². The van der Waals surface area contributed by atoms with Gasteiger partial charge in [-0.2, -0.15) is 0 Å². The first-order valence-corrected chi connectivity index (χ1v) is 11.3. The number of amides is 1. The van der Waals surface area contributed by atoms with Crippen molar-refractivity contribution in [1.29, 1.82) is 0 Å². The molecule has 1 aromatic carbocycles. The zero-order chi connectivity index (χ0) is 20.8. The van der Waals surface area contributed by atoms with Gasteiger partial charge in [0.15, 0.2) is 0 Å². The van der Waals surface area contributed by atoms with E-state index >= 15 is 0 Å². The molecule has 1 aliphatic carbocycles. The predicted octanol–water partition coefficient (Wildman–Crippen LogP) is 4.43. The van der Waals surface area contributed by atoms with Gasteiger partial charge in [0.2, 0.25) is 0 Å². The van der Waals surface area contributed by atoms with Crippen molar-refractivity contribution in [2.24, 2.45) is 5.92 Å². The van der Waals surface area contributed by atoms with E-state index < -0.39 is 5.97 Å². The molecule has 0 atom stereocenters. The van der Waals surface area contributed by atoms with E-state index in [1.807, 2.05) is 12.1 Å². The molecule has 1 amide bonds. The minimum Gasteiger partial charge on any atom is -0.481 e. The number of hydrogen-bond acceptors (Lipinski definition) is 3. The topological polar surface area (TPSA) is 69.6 Å². The lowest BCUT2D eigenvalue weighted by molar-refractivity contribution is -0.137. The zero-order valence-electron chi connectivity index (χ0n) is 17.9. The van der Waals surface area contributed by atoms with Crippen LogP contribution in [0.15, 0.2) is 24.3 Å². The Morgan fingerprint density at radius 2 is 1.66 bits per heavy atom. The van der Waals surface area contributed by atoms with E-state index in [4.69, 9.17) is 5.11 Å². The lowest BCUT2D eigenvalue weighted by atomic mass is 9.83. The lowest BCUT2D eigenvalue weighted by Gasteiger charge is -2.34. The maximum Gasteiger partial charge on any atom is 0.303 e. The molecule has 2 aliphatic rings. The summed E-state index contributed by atoms with van der Waals surface area (Å²) >= 11 is 0. The second-order valence-corrected chi connectivity index (χ2v) is 9.15. The number of carboxylic acids is 1. The van der Waals surface area contributed by atoms with Gasteiger partial charge in [-0.1, -0.05) is 12.1 Å². The fraction of sp³-hybridized carbons (Fsp3) is 0.667. The van der Waals surface area contributed by atoms with Gasteiger partial charge < -0.3 is 15.3 Å². The summed E-state index contributed by atoms with van der Waals surface area (Å²) in [5.74, 6) is 0.387. The molecule has 0 unspecified atom stereocenters.